The topological polar surface area (TPSA) is 32.3 Å². The molecule has 2 aromatic rings. The van der Waals surface area contributed by atoms with Gasteiger partial charge in [-0.05, 0) is 55.7 Å². The van der Waals surface area contributed by atoms with Gasteiger partial charge in [0.2, 0.25) is 0 Å². The average molecular weight is 310 g/mol. The zero-order valence-corrected chi connectivity index (χ0v) is 12.7. The largest absolute Gasteiger partial charge is 0.508 e. The molecule has 0 radical (unpaired) electrons. The first-order valence-corrected chi connectivity index (χ1v) is 7.29. The van der Waals surface area contributed by atoms with Gasteiger partial charge in [0.15, 0.2) is 0 Å². The highest BCUT2D eigenvalue weighted by molar-refractivity contribution is 6.35. The lowest BCUT2D eigenvalue weighted by Crippen LogP contribution is -2.15. The summed E-state index contributed by atoms with van der Waals surface area (Å²) in [6.45, 7) is 2.12. The van der Waals surface area contributed by atoms with Crippen LogP contribution in [0.4, 0.5) is 5.69 Å². The van der Waals surface area contributed by atoms with E-state index >= 15 is 0 Å². The van der Waals surface area contributed by atoms with Crippen molar-refractivity contribution in [2.45, 2.75) is 25.8 Å². The molecule has 0 spiro atoms. The second-order valence-corrected chi connectivity index (χ2v) is 5.78. The molecule has 2 N–H and O–H groups in total. The van der Waals surface area contributed by atoms with Gasteiger partial charge in [0.05, 0.1) is 0 Å². The van der Waals surface area contributed by atoms with Crippen molar-refractivity contribution in [1.29, 1.82) is 0 Å². The summed E-state index contributed by atoms with van der Waals surface area (Å²) >= 11 is 11.9. The van der Waals surface area contributed by atoms with Crippen LogP contribution in [0, 0.1) is 0 Å². The molecule has 106 valence electrons. The van der Waals surface area contributed by atoms with E-state index in [1.807, 2.05) is 24.3 Å². The number of phenols is 1. The van der Waals surface area contributed by atoms with E-state index in [0.717, 1.165) is 18.5 Å². The van der Waals surface area contributed by atoms with Crippen molar-refractivity contribution in [1.82, 2.24) is 0 Å². The minimum Gasteiger partial charge on any atom is -0.508 e. The van der Waals surface area contributed by atoms with E-state index < -0.39 is 0 Å². The molecule has 0 aliphatic carbocycles. The van der Waals surface area contributed by atoms with Gasteiger partial charge in [-0.3, -0.25) is 0 Å². The summed E-state index contributed by atoms with van der Waals surface area (Å²) < 4.78 is 0. The Morgan fingerprint density at radius 1 is 1.05 bits per heavy atom. The van der Waals surface area contributed by atoms with Crippen LogP contribution in [0.2, 0.25) is 10.0 Å². The number of hydrogen-bond acceptors (Lipinski definition) is 2. The summed E-state index contributed by atoms with van der Waals surface area (Å²) in [6.07, 6.45) is 1.93. The molecule has 0 amide bonds. The predicted octanol–water partition coefficient (Wildman–Crippen LogP) is 5.13. The molecular weight excluding hydrogens is 293 g/mol. The second kappa shape index (κ2) is 6.87. The molecule has 2 nitrogen and oxygen atoms in total. The van der Waals surface area contributed by atoms with E-state index in [1.165, 1.54) is 5.56 Å². The lowest BCUT2D eigenvalue weighted by atomic mass is 10.1. The maximum absolute atomic E-state index is 9.24. The van der Waals surface area contributed by atoms with Crippen LogP contribution in [0.3, 0.4) is 0 Å². The average Bonchev–Trinajstić information content (AvgIpc) is 2.37. The van der Waals surface area contributed by atoms with Gasteiger partial charge in [-0.15, -0.1) is 0 Å². The number of halogens is 2. The molecule has 0 fully saturated rings. The molecule has 0 saturated carbocycles. The predicted molar refractivity (Wildman–Crippen MR) is 86.0 cm³/mol. The molecule has 0 aliphatic heterocycles. The fourth-order valence-electron chi connectivity index (χ4n) is 2.04. The molecule has 1 unspecified atom stereocenters. The van der Waals surface area contributed by atoms with Gasteiger partial charge in [-0.2, -0.15) is 0 Å². The molecule has 0 heterocycles. The van der Waals surface area contributed by atoms with E-state index in [9.17, 15) is 5.11 Å². The molecule has 2 aromatic carbocycles. The Balaban J connectivity index is 1.88. The highest BCUT2D eigenvalue weighted by Gasteiger charge is 2.05. The van der Waals surface area contributed by atoms with Crippen molar-refractivity contribution in [3.63, 3.8) is 0 Å². The molecule has 0 aliphatic rings. The van der Waals surface area contributed by atoms with E-state index in [0.29, 0.717) is 21.8 Å². The van der Waals surface area contributed by atoms with Crippen LogP contribution in [-0.4, -0.2) is 11.1 Å². The van der Waals surface area contributed by atoms with Crippen molar-refractivity contribution in [3.8, 4) is 5.75 Å². The summed E-state index contributed by atoms with van der Waals surface area (Å²) in [5.41, 5.74) is 2.14. The van der Waals surface area contributed by atoms with Crippen molar-refractivity contribution in [2.75, 3.05) is 5.32 Å². The number of aryl methyl sites for hydroxylation is 1. The molecule has 0 saturated heterocycles. The number of rotatable bonds is 5. The number of hydrogen-bond donors (Lipinski definition) is 2. The van der Waals surface area contributed by atoms with Crippen LogP contribution < -0.4 is 5.32 Å². The monoisotopic (exact) mass is 309 g/mol. The molecule has 4 heteroatoms. The Morgan fingerprint density at radius 3 is 2.25 bits per heavy atom. The quantitative estimate of drug-likeness (QED) is 0.802. The lowest BCUT2D eigenvalue weighted by Gasteiger charge is -2.16. The normalized spacial score (nSPS) is 12.2. The van der Waals surface area contributed by atoms with Crippen molar-refractivity contribution >= 4 is 28.9 Å². The third-order valence-electron chi connectivity index (χ3n) is 3.08. The van der Waals surface area contributed by atoms with Crippen molar-refractivity contribution in [2.24, 2.45) is 0 Å². The Kier molecular flexibility index (Phi) is 5.16. The second-order valence-electron chi connectivity index (χ2n) is 4.91. The highest BCUT2D eigenvalue weighted by Crippen LogP contribution is 2.23. The van der Waals surface area contributed by atoms with Crippen molar-refractivity contribution < 1.29 is 5.11 Å². The first kappa shape index (κ1) is 15.0. The van der Waals surface area contributed by atoms with Gasteiger partial charge < -0.3 is 10.4 Å². The zero-order valence-electron chi connectivity index (χ0n) is 11.2. The van der Waals surface area contributed by atoms with E-state index in [4.69, 9.17) is 23.2 Å². The molecule has 2 rings (SSSR count). The van der Waals surface area contributed by atoms with Crippen LogP contribution in [0.1, 0.15) is 18.9 Å². The molecule has 0 bridgehead atoms. The van der Waals surface area contributed by atoms with Crippen LogP contribution in [0.5, 0.6) is 5.75 Å². The Labute approximate surface area is 129 Å². The third kappa shape index (κ3) is 4.62. The van der Waals surface area contributed by atoms with E-state index in [1.54, 1.807) is 18.2 Å². The smallest absolute Gasteiger partial charge is 0.115 e. The molecule has 20 heavy (non-hydrogen) atoms. The minimum absolute atomic E-state index is 0.300. The summed E-state index contributed by atoms with van der Waals surface area (Å²) in [6, 6.07) is 13.1. The number of aromatic hydroxyl groups is 1. The standard InChI is InChI=1S/C16H17Cl2NO/c1-11(2-3-12-4-6-16(20)7-5-12)19-15-9-13(17)8-14(18)10-15/h4-11,19-20H,2-3H2,1H3. The summed E-state index contributed by atoms with van der Waals surface area (Å²) in [4.78, 5) is 0. The lowest BCUT2D eigenvalue weighted by molar-refractivity contribution is 0.475. The minimum atomic E-state index is 0.300. The highest BCUT2D eigenvalue weighted by atomic mass is 35.5. The number of anilines is 1. The SMILES string of the molecule is CC(CCc1ccc(O)cc1)Nc1cc(Cl)cc(Cl)c1. The third-order valence-corrected chi connectivity index (χ3v) is 3.51. The van der Waals surface area contributed by atoms with Gasteiger partial charge >= 0.3 is 0 Å². The fraction of sp³-hybridized carbons (Fsp3) is 0.250. The van der Waals surface area contributed by atoms with Crippen LogP contribution >= 0.6 is 23.2 Å². The Hall–Kier alpha value is -1.38. The fourth-order valence-corrected chi connectivity index (χ4v) is 2.57. The summed E-state index contributed by atoms with van der Waals surface area (Å²) in [5.74, 6) is 0.300. The Bertz CT molecular complexity index is 549. The summed E-state index contributed by atoms with van der Waals surface area (Å²) in [5, 5.41) is 13.9. The van der Waals surface area contributed by atoms with E-state index in [2.05, 4.69) is 12.2 Å². The van der Waals surface area contributed by atoms with Crippen LogP contribution in [0.15, 0.2) is 42.5 Å². The van der Waals surface area contributed by atoms with Gasteiger partial charge in [0.1, 0.15) is 5.75 Å². The number of benzene rings is 2. The molecule has 1 atom stereocenters. The van der Waals surface area contributed by atoms with Gasteiger partial charge in [-0.25, -0.2) is 0 Å². The van der Waals surface area contributed by atoms with Gasteiger partial charge in [0.25, 0.3) is 0 Å². The Morgan fingerprint density at radius 2 is 1.65 bits per heavy atom. The summed E-state index contributed by atoms with van der Waals surface area (Å²) in [7, 11) is 0. The van der Waals surface area contributed by atoms with Crippen molar-refractivity contribution in [3.05, 3.63) is 58.1 Å². The first-order chi connectivity index (χ1) is 9.52. The maximum Gasteiger partial charge on any atom is 0.115 e. The molecule has 0 aromatic heterocycles. The van der Waals surface area contributed by atoms with Crippen LogP contribution in [-0.2, 0) is 6.42 Å². The zero-order chi connectivity index (χ0) is 14.5. The van der Waals surface area contributed by atoms with E-state index in [-0.39, 0.29) is 0 Å². The number of phenolic OH excluding ortho intramolecular Hbond substituents is 1. The maximum atomic E-state index is 9.24. The molecular formula is C16H17Cl2NO. The van der Waals surface area contributed by atoms with Gasteiger partial charge in [-0.1, -0.05) is 35.3 Å². The van der Waals surface area contributed by atoms with Crippen LogP contribution in [0.25, 0.3) is 0 Å². The number of nitrogens with one attached hydrogen (secondary N) is 1. The van der Waals surface area contributed by atoms with Gasteiger partial charge in [0, 0.05) is 21.8 Å². The first-order valence-electron chi connectivity index (χ1n) is 6.53.